The number of nitrogens with zero attached hydrogens (tertiary/aromatic N) is 1. The zero-order valence-electron chi connectivity index (χ0n) is 14.1. The van der Waals surface area contributed by atoms with Gasteiger partial charge in [0.2, 0.25) is 10.0 Å². The predicted octanol–water partition coefficient (Wildman–Crippen LogP) is 0.129. The number of amides is 1. The topological polar surface area (TPSA) is 127 Å². The molecule has 7 nitrogen and oxygen atoms in total. The summed E-state index contributed by atoms with van der Waals surface area (Å²) in [4.78, 5) is 12.1. The molecular weight excluding hydrogens is 354 g/mol. The van der Waals surface area contributed by atoms with Crippen LogP contribution >= 0.6 is 0 Å². The van der Waals surface area contributed by atoms with Crippen LogP contribution in [0.5, 0.6) is 0 Å². The van der Waals surface area contributed by atoms with Crippen LogP contribution in [-0.4, -0.2) is 42.9 Å². The second kappa shape index (κ2) is 6.81. The summed E-state index contributed by atoms with van der Waals surface area (Å²) in [6.45, 7) is 0.653. The minimum absolute atomic E-state index is 0.0789. The van der Waals surface area contributed by atoms with E-state index in [-0.39, 0.29) is 23.0 Å². The van der Waals surface area contributed by atoms with Gasteiger partial charge in [-0.1, -0.05) is 42.5 Å². The van der Waals surface area contributed by atoms with E-state index >= 15 is 0 Å². The van der Waals surface area contributed by atoms with Gasteiger partial charge in [0.15, 0.2) is 5.60 Å². The van der Waals surface area contributed by atoms with Crippen LogP contribution in [0, 0.1) is 0 Å². The number of sulfonamides is 1. The van der Waals surface area contributed by atoms with E-state index in [1.165, 1.54) is 28.6 Å². The molecule has 2 atom stereocenters. The molecule has 1 fully saturated rings. The molecule has 1 aliphatic heterocycles. The minimum atomic E-state index is -3.66. The standard InChI is InChI=1S/C18H21N3O4S/c19-15-10-11-21(12-15)26(24,25)16-8-6-14(7-9-16)18(23,17(20)22)13-4-2-1-3-5-13/h1-9,15,23H,10-12,19H2,(H2,20,22). The smallest absolute Gasteiger partial charge is 0.258 e. The van der Waals surface area contributed by atoms with Gasteiger partial charge in [0.1, 0.15) is 0 Å². The van der Waals surface area contributed by atoms with Crippen molar-refractivity contribution in [3.63, 3.8) is 0 Å². The Balaban J connectivity index is 1.97. The van der Waals surface area contributed by atoms with E-state index < -0.39 is 21.5 Å². The fourth-order valence-electron chi connectivity index (χ4n) is 3.12. The molecule has 0 bridgehead atoms. The molecule has 2 unspecified atom stereocenters. The first-order valence-corrected chi connectivity index (χ1v) is 9.64. The number of carbonyl (C=O) groups excluding carboxylic acids is 1. The largest absolute Gasteiger partial charge is 0.372 e. The van der Waals surface area contributed by atoms with E-state index in [9.17, 15) is 18.3 Å². The lowest BCUT2D eigenvalue weighted by Crippen LogP contribution is -2.42. The quantitative estimate of drug-likeness (QED) is 0.685. The third kappa shape index (κ3) is 3.12. The van der Waals surface area contributed by atoms with Crippen molar-refractivity contribution >= 4 is 15.9 Å². The van der Waals surface area contributed by atoms with Gasteiger partial charge in [0.25, 0.3) is 5.91 Å². The maximum atomic E-state index is 12.7. The molecule has 8 heteroatoms. The Morgan fingerprint density at radius 2 is 1.65 bits per heavy atom. The Morgan fingerprint density at radius 3 is 2.15 bits per heavy atom. The molecule has 2 aromatic rings. The third-order valence-electron chi connectivity index (χ3n) is 4.65. The lowest BCUT2D eigenvalue weighted by molar-refractivity contribution is -0.133. The fourth-order valence-corrected chi connectivity index (χ4v) is 4.63. The molecule has 0 aliphatic carbocycles. The summed E-state index contributed by atoms with van der Waals surface area (Å²) in [6.07, 6.45) is 0.618. The van der Waals surface area contributed by atoms with Crippen LogP contribution in [0.3, 0.4) is 0 Å². The maximum absolute atomic E-state index is 12.7. The molecule has 0 aromatic heterocycles. The molecule has 3 rings (SSSR count). The second-order valence-electron chi connectivity index (χ2n) is 6.38. The van der Waals surface area contributed by atoms with Crippen LogP contribution in [0.4, 0.5) is 0 Å². The Kier molecular flexibility index (Phi) is 4.85. The second-order valence-corrected chi connectivity index (χ2v) is 8.31. The molecule has 1 heterocycles. The van der Waals surface area contributed by atoms with Crippen LogP contribution < -0.4 is 11.5 Å². The maximum Gasteiger partial charge on any atom is 0.258 e. The highest BCUT2D eigenvalue weighted by Gasteiger charge is 2.38. The van der Waals surface area contributed by atoms with Gasteiger partial charge in [-0.3, -0.25) is 4.79 Å². The highest BCUT2D eigenvalue weighted by molar-refractivity contribution is 7.89. The first-order chi connectivity index (χ1) is 12.3. The number of aliphatic hydroxyl groups is 1. The van der Waals surface area contributed by atoms with Gasteiger partial charge in [-0.05, 0) is 29.7 Å². The first-order valence-electron chi connectivity index (χ1n) is 8.20. The van der Waals surface area contributed by atoms with Crippen LogP contribution in [-0.2, 0) is 20.4 Å². The van der Waals surface area contributed by atoms with Crippen LogP contribution in [0.1, 0.15) is 17.5 Å². The van der Waals surface area contributed by atoms with Crippen LogP contribution in [0.15, 0.2) is 59.5 Å². The van der Waals surface area contributed by atoms with Gasteiger partial charge >= 0.3 is 0 Å². The Hall–Kier alpha value is -2.26. The third-order valence-corrected chi connectivity index (χ3v) is 6.52. The normalized spacial score (nSPS) is 20.6. The SMILES string of the molecule is NC(=O)C(O)(c1ccccc1)c1ccc(S(=O)(=O)N2CCC(N)C2)cc1. The van der Waals surface area contributed by atoms with Gasteiger partial charge in [0, 0.05) is 19.1 Å². The summed E-state index contributed by atoms with van der Waals surface area (Å²) >= 11 is 0. The van der Waals surface area contributed by atoms with E-state index in [1.54, 1.807) is 30.3 Å². The number of nitrogens with two attached hydrogens (primary N) is 2. The average Bonchev–Trinajstić information content (AvgIpc) is 3.09. The van der Waals surface area contributed by atoms with Crippen molar-refractivity contribution in [3.05, 3.63) is 65.7 Å². The Morgan fingerprint density at radius 1 is 1.08 bits per heavy atom. The van der Waals surface area contributed by atoms with Crippen molar-refractivity contribution in [2.45, 2.75) is 23.0 Å². The summed E-state index contributed by atoms with van der Waals surface area (Å²) in [7, 11) is -3.66. The van der Waals surface area contributed by atoms with Crippen molar-refractivity contribution in [2.24, 2.45) is 11.5 Å². The van der Waals surface area contributed by atoms with E-state index in [0.717, 1.165) is 0 Å². The zero-order valence-corrected chi connectivity index (χ0v) is 14.9. The molecule has 1 saturated heterocycles. The number of rotatable bonds is 5. The van der Waals surface area contributed by atoms with E-state index in [4.69, 9.17) is 11.5 Å². The van der Waals surface area contributed by atoms with Crippen molar-refractivity contribution < 1.29 is 18.3 Å². The number of benzene rings is 2. The van der Waals surface area contributed by atoms with Gasteiger partial charge in [-0.25, -0.2) is 8.42 Å². The average molecular weight is 375 g/mol. The zero-order chi connectivity index (χ0) is 18.9. The molecular formula is C18H21N3O4S. The van der Waals surface area contributed by atoms with Crippen LogP contribution in [0.25, 0.3) is 0 Å². The highest BCUT2D eigenvalue weighted by Crippen LogP contribution is 2.31. The lowest BCUT2D eigenvalue weighted by Gasteiger charge is -2.26. The molecule has 1 amide bonds. The first kappa shape index (κ1) is 18.5. The van der Waals surface area contributed by atoms with Gasteiger partial charge in [-0.2, -0.15) is 4.31 Å². The van der Waals surface area contributed by atoms with Crippen molar-refractivity contribution in [1.29, 1.82) is 0 Å². The minimum Gasteiger partial charge on any atom is -0.372 e. The van der Waals surface area contributed by atoms with E-state index in [0.29, 0.717) is 18.5 Å². The van der Waals surface area contributed by atoms with E-state index in [1.807, 2.05) is 0 Å². The van der Waals surface area contributed by atoms with Crippen molar-refractivity contribution in [1.82, 2.24) is 4.31 Å². The summed E-state index contributed by atoms with van der Waals surface area (Å²) in [5.41, 5.74) is 9.71. The van der Waals surface area contributed by atoms with Gasteiger partial charge in [0.05, 0.1) is 4.90 Å². The number of hydrogen-bond acceptors (Lipinski definition) is 5. The Bertz CT molecular complexity index is 900. The molecule has 5 N–H and O–H groups in total. The predicted molar refractivity (Wildman–Crippen MR) is 96.4 cm³/mol. The van der Waals surface area contributed by atoms with Crippen LogP contribution in [0.2, 0.25) is 0 Å². The highest BCUT2D eigenvalue weighted by atomic mass is 32.2. The molecule has 0 radical (unpaired) electrons. The van der Waals surface area contributed by atoms with E-state index in [2.05, 4.69) is 0 Å². The molecule has 138 valence electrons. The number of primary amides is 1. The molecule has 2 aromatic carbocycles. The van der Waals surface area contributed by atoms with Gasteiger partial charge < -0.3 is 16.6 Å². The summed E-state index contributed by atoms with van der Waals surface area (Å²) in [5, 5.41) is 10.9. The lowest BCUT2D eigenvalue weighted by atomic mass is 9.86. The summed E-state index contributed by atoms with van der Waals surface area (Å²) in [6, 6.07) is 13.7. The van der Waals surface area contributed by atoms with Gasteiger partial charge in [-0.15, -0.1) is 0 Å². The number of carbonyl (C=O) groups is 1. The number of hydrogen-bond donors (Lipinski definition) is 3. The molecule has 26 heavy (non-hydrogen) atoms. The molecule has 1 aliphatic rings. The molecule has 0 saturated carbocycles. The van der Waals surface area contributed by atoms with Crippen molar-refractivity contribution in [3.8, 4) is 0 Å². The fraction of sp³-hybridized carbons (Fsp3) is 0.278. The summed E-state index contributed by atoms with van der Waals surface area (Å²) < 4.78 is 26.7. The summed E-state index contributed by atoms with van der Waals surface area (Å²) in [5.74, 6) is -0.940. The Labute approximate surface area is 152 Å². The van der Waals surface area contributed by atoms with Crippen molar-refractivity contribution in [2.75, 3.05) is 13.1 Å². The molecule has 0 spiro atoms. The monoisotopic (exact) mass is 375 g/mol.